The highest BCUT2D eigenvalue weighted by molar-refractivity contribution is 6.31. The molecular formula is C6H11BO8. The van der Waals surface area contributed by atoms with E-state index in [2.05, 4.69) is 0 Å². The van der Waals surface area contributed by atoms with Crippen LogP contribution in [0.1, 0.15) is 13.8 Å². The van der Waals surface area contributed by atoms with Gasteiger partial charge >= 0.3 is 19.6 Å². The van der Waals surface area contributed by atoms with Gasteiger partial charge in [-0.15, -0.1) is 0 Å². The summed E-state index contributed by atoms with van der Waals surface area (Å²) in [5.74, 6) is -4.41. The Kier molecular flexibility index (Phi) is 15.5. The topological polar surface area (TPSA) is 149 Å². The summed E-state index contributed by atoms with van der Waals surface area (Å²) in [6, 6.07) is 0. The van der Waals surface area contributed by atoms with Crippen molar-refractivity contribution >= 4 is 31.2 Å². The van der Waals surface area contributed by atoms with Gasteiger partial charge in [-0.3, -0.25) is 9.59 Å². The van der Waals surface area contributed by atoms with Crippen LogP contribution in [0.4, 0.5) is 0 Å². The van der Waals surface area contributed by atoms with Crippen molar-refractivity contribution in [1.82, 2.24) is 0 Å². The van der Waals surface area contributed by atoms with Gasteiger partial charge in [-0.25, -0.2) is 9.59 Å². The fourth-order valence-corrected chi connectivity index (χ4v) is 0. The van der Waals surface area contributed by atoms with Crippen LogP contribution in [-0.2, 0) is 19.2 Å². The molecule has 0 aromatic rings. The highest BCUT2D eigenvalue weighted by Crippen LogP contribution is 1.62. The van der Waals surface area contributed by atoms with Crippen molar-refractivity contribution in [1.29, 1.82) is 0 Å². The van der Waals surface area contributed by atoms with Crippen molar-refractivity contribution in [3.05, 3.63) is 0 Å². The number of hydrogen-bond donors (Lipinski definition) is 4. The number of carboxylic acids is 2. The van der Waals surface area contributed by atoms with E-state index in [0.29, 0.717) is 0 Å². The predicted molar refractivity (Wildman–Crippen MR) is 48.2 cm³/mol. The Morgan fingerprint density at radius 3 is 0.867 bits per heavy atom. The van der Waals surface area contributed by atoms with Crippen molar-refractivity contribution < 1.29 is 39.4 Å². The molecule has 0 radical (unpaired) electrons. The molecule has 9 heteroatoms. The van der Waals surface area contributed by atoms with E-state index in [1.54, 1.807) is 0 Å². The highest BCUT2D eigenvalue weighted by Gasteiger charge is 1.99. The molecule has 0 aromatic heterocycles. The SMILES string of the molecule is CC(=O)C(=O)O.CC(=O)C(=O)O.OBO. The number of aliphatic carboxylic acids is 2. The lowest BCUT2D eigenvalue weighted by Gasteiger charge is -1.73. The van der Waals surface area contributed by atoms with Crippen molar-refractivity contribution in [2.24, 2.45) is 0 Å². The molecule has 0 saturated carbocycles. The minimum atomic E-state index is -1.38. The number of carboxylic acid groups (broad SMARTS) is 2. The molecule has 8 nitrogen and oxygen atoms in total. The van der Waals surface area contributed by atoms with Crippen molar-refractivity contribution in [2.75, 3.05) is 0 Å². The summed E-state index contributed by atoms with van der Waals surface area (Å²) in [6.45, 7) is 2.00. The molecule has 15 heavy (non-hydrogen) atoms. The molecular weight excluding hydrogens is 211 g/mol. The van der Waals surface area contributed by atoms with Gasteiger partial charge in [0.1, 0.15) is 0 Å². The normalized spacial score (nSPS) is 6.93. The second-order valence-corrected chi connectivity index (χ2v) is 1.86. The zero-order valence-electron chi connectivity index (χ0n) is 8.13. The second kappa shape index (κ2) is 12.3. The van der Waals surface area contributed by atoms with Crippen LogP contribution in [0.3, 0.4) is 0 Å². The average Bonchev–Trinajstić information content (AvgIpc) is 2.06. The molecule has 0 spiro atoms. The highest BCUT2D eigenvalue weighted by atomic mass is 16.4. The fraction of sp³-hybridized carbons (Fsp3) is 0.333. The lowest BCUT2D eigenvalue weighted by molar-refractivity contribution is -0.148. The molecule has 0 fully saturated rings. The summed E-state index contributed by atoms with van der Waals surface area (Å²) in [4.78, 5) is 37.8. The van der Waals surface area contributed by atoms with Crippen molar-refractivity contribution in [2.45, 2.75) is 13.8 Å². The fourth-order valence-electron chi connectivity index (χ4n) is 0. The van der Waals surface area contributed by atoms with Crippen molar-refractivity contribution in [3.8, 4) is 0 Å². The largest absolute Gasteiger partial charge is 0.476 e. The maximum Gasteiger partial charge on any atom is 0.432 e. The first kappa shape index (κ1) is 18.9. The Labute approximate surface area is 85.5 Å². The monoisotopic (exact) mass is 222 g/mol. The van der Waals surface area contributed by atoms with Gasteiger partial charge in [-0.05, 0) is 0 Å². The number of hydrogen-bond acceptors (Lipinski definition) is 6. The van der Waals surface area contributed by atoms with Crippen LogP contribution in [0.2, 0.25) is 0 Å². The van der Waals surface area contributed by atoms with E-state index in [-0.39, 0.29) is 0 Å². The van der Waals surface area contributed by atoms with Crippen LogP contribution in [-0.4, -0.2) is 51.5 Å². The van der Waals surface area contributed by atoms with E-state index >= 15 is 0 Å². The Bertz CT molecular complexity index is 187. The average molecular weight is 222 g/mol. The third kappa shape index (κ3) is 32.9. The van der Waals surface area contributed by atoms with Gasteiger partial charge in [0.15, 0.2) is 0 Å². The summed E-state index contributed by atoms with van der Waals surface area (Å²) in [5.41, 5.74) is 0. The van der Waals surface area contributed by atoms with Gasteiger partial charge in [0, 0.05) is 13.8 Å². The molecule has 0 amide bonds. The number of carbonyl (C=O) groups is 4. The molecule has 0 aliphatic rings. The first-order valence-electron chi connectivity index (χ1n) is 3.40. The van der Waals surface area contributed by atoms with Crippen LogP contribution >= 0.6 is 0 Å². The number of rotatable bonds is 2. The first-order valence-corrected chi connectivity index (χ1v) is 3.40. The van der Waals surface area contributed by atoms with Crippen LogP contribution in [0.5, 0.6) is 0 Å². The summed E-state index contributed by atoms with van der Waals surface area (Å²) < 4.78 is 0. The molecule has 0 atom stereocenters. The predicted octanol–water partition coefficient (Wildman–Crippen LogP) is -2.44. The third-order valence-corrected chi connectivity index (χ3v) is 0.602. The Hall–Kier alpha value is -1.74. The van der Waals surface area contributed by atoms with E-state index in [4.69, 9.17) is 20.3 Å². The third-order valence-electron chi connectivity index (χ3n) is 0.602. The molecule has 4 N–H and O–H groups in total. The zero-order valence-corrected chi connectivity index (χ0v) is 8.13. The Morgan fingerprint density at radius 1 is 0.800 bits per heavy atom. The summed E-state index contributed by atoms with van der Waals surface area (Å²) in [6.07, 6.45) is 0. The molecule has 0 aromatic carbocycles. The van der Waals surface area contributed by atoms with Gasteiger partial charge in [-0.1, -0.05) is 0 Å². The van der Waals surface area contributed by atoms with Crippen LogP contribution in [0.15, 0.2) is 0 Å². The quantitative estimate of drug-likeness (QED) is 0.297. The Balaban J connectivity index is -0.000000153. The van der Waals surface area contributed by atoms with Crippen molar-refractivity contribution in [3.63, 3.8) is 0 Å². The van der Waals surface area contributed by atoms with E-state index in [1.807, 2.05) is 0 Å². The standard InChI is InChI=1S/2C3H4O3.BH3O2/c2*1-2(4)3(5)6;2-1-3/h2*1H3,(H,5,6);1-3H. The smallest absolute Gasteiger partial charge is 0.432 e. The minimum Gasteiger partial charge on any atom is -0.476 e. The summed E-state index contributed by atoms with van der Waals surface area (Å²) in [5, 5.41) is 29.5. The second-order valence-electron chi connectivity index (χ2n) is 1.86. The van der Waals surface area contributed by atoms with E-state index < -0.39 is 31.2 Å². The van der Waals surface area contributed by atoms with Gasteiger partial charge < -0.3 is 20.3 Å². The molecule has 0 heterocycles. The van der Waals surface area contributed by atoms with E-state index in [9.17, 15) is 19.2 Å². The van der Waals surface area contributed by atoms with Gasteiger partial charge in [0.2, 0.25) is 11.6 Å². The van der Waals surface area contributed by atoms with Gasteiger partial charge in [-0.2, -0.15) is 0 Å². The van der Waals surface area contributed by atoms with E-state index in [1.165, 1.54) is 0 Å². The number of carbonyl (C=O) groups excluding carboxylic acids is 2. The summed E-state index contributed by atoms with van der Waals surface area (Å²) >= 11 is 0. The van der Waals surface area contributed by atoms with Gasteiger partial charge in [0.05, 0.1) is 0 Å². The minimum absolute atomic E-state index is 0.750. The maximum atomic E-state index is 9.54. The molecule has 0 unspecified atom stereocenters. The lowest BCUT2D eigenvalue weighted by atomic mass is 10.5. The maximum absolute atomic E-state index is 9.54. The lowest BCUT2D eigenvalue weighted by Crippen LogP contribution is -2.05. The molecule has 86 valence electrons. The van der Waals surface area contributed by atoms with Crippen LogP contribution in [0.25, 0.3) is 0 Å². The Morgan fingerprint density at radius 2 is 0.867 bits per heavy atom. The number of Topliss-reactive ketones (excluding diaryl/α,β-unsaturated/α-hetero) is 2. The number of ketones is 2. The molecule has 0 aliphatic heterocycles. The summed E-state index contributed by atoms with van der Waals surface area (Å²) in [7, 11) is -0.750. The van der Waals surface area contributed by atoms with Crippen LogP contribution in [0, 0.1) is 0 Å². The molecule has 0 saturated heterocycles. The van der Waals surface area contributed by atoms with E-state index in [0.717, 1.165) is 13.8 Å². The van der Waals surface area contributed by atoms with Crippen LogP contribution < -0.4 is 0 Å². The molecule has 0 rings (SSSR count). The molecule has 0 bridgehead atoms. The molecule has 0 aliphatic carbocycles. The van der Waals surface area contributed by atoms with Gasteiger partial charge in [0.25, 0.3) is 0 Å². The zero-order chi connectivity index (χ0) is 13.0. The first-order chi connectivity index (χ1) is 6.70.